The van der Waals surface area contributed by atoms with Gasteiger partial charge < -0.3 is 5.32 Å². The van der Waals surface area contributed by atoms with E-state index in [1.54, 1.807) is 11.6 Å². The number of aryl methyl sites for hydroxylation is 2. The second kappa shape index (κ2) is 6.94. The summed E-state index contributed by atoms with van der Waals surface area (Å²) in [5.41, 5.74) is 0.565. The Morgan fingerprint density at radius 2 is 2.15 bits per heavy atom. The van der Waals surface area contributed by atoms with E-state index in [0.717, 1.165) is 19.6 Å². The summed E-state index contributed by atoms with van der Waals surface area (Å²) in [6.07, 6.45) is 0. The van der Waals surface area contributed by atoms with Gasteiger partial charge in [-0.3, -0.25) is 15.0 Å². The number of nitrogens with one attached hydrogen (secondary N) is 1. The van der Waals surface area contributed by atoms with Crippen LogP contribution in [0.5, 0.6) is 0 Å². The number of thioether (sulfide) groups is 1. The van der Waals surface area contributed by atoms with E-state index < -0.39 is 0 Å². The lowest BCUT2D eigenvalue weighted by Gasteiger charge is -2.26. The Morgan fingerprint density at radius 3 is 2.75 bits per heavy atom. The molecule has 1 aromatic rings. The van der Waals surface area contributed by atoms with Gasteiger partial charge in [0.25, 0.3) is 0 Å². The van der Waals surface area contributed by atoms with Gasteiger partial charge in [0.05, 0.1) is 4.92 Å². The summed E-state index contributed by atoms with van der Waals surface area (Å²) in [7, 11) is 0. The molecule has 0 aromatic carbocycles. The second-order valence-corrected chi connectivity index (χ2v) is 5.96. The highest BCUT2D eigenvalue weighted by Crippen LogP contribution is 2.27. The molecule has 0 amide bonds. The molecule has 0 aliphatic carbocycles. The van der Waals surface area contributed by atoms with Crippen LogP contribution in [0.1, 0.15) is 12.6 Å². The van der Waals surface area contributed by atoms with Crippen molar-refractivity contribution in [1.29, 1.82) is 0 Å². The Kier molecular flexibility index (Phi) is 5.24. The summed E-state index contributed by atoms with van der Waals surface area (Å²) in [4.78, 5) is 13.2. The van der Waals surface area contributed by atoms with Crippen molar-refractivity contribution in [3.05, 3.63) is 15.8 Å². The molecule has 0 bridgehead atoms. The maximum atomic E-state index is 11.1. The lowest BCUT2D eigenvalue weighted by molar-refractivity contribution is -0.384. The van der Waals surface area contributed by atoms with Crippen LogP contribution in [0.3, 0.4) is 0 Å². The van der Waals surface area contributed by atoms with Crippen LogP contribution in [-0.2, 0) is 6.54 Å². The highest BCUT2D eigenvalue weighted by atomic mass is 32.2. The van der Waals surface area contributed by atoms with Crippen LogP contribution in [0.25, 0.3) is 0 Å². The van der Waals surface area contributed by atoms with Crippen LogP contribution in [0.2, 0.25) is 0 Å². The molecule has 1 aliphatic rings. The molecule has 7 nitrogen and oxygen atoms in total. The van der Waals surface area contributed by atoms with Crippen molar-refractivity contribution < 1.29 is 4.92 Å². The van der Waals surface area contributed by atoms with Crippen molar-refractivity contribution in [2.45, 2.75) is 20.4 Å². The number of rotatable bonds is 6. The zero-order valence-electron chi connectivity index (χ0n) is 12.0. The molecule has 1 aliphatic heterocycles. The van der Waals surface area contributed by atoms with Gasteiger partial charge >= 0.3 is 5.69 Å². The Hall–Kier alpha value is -1.28. The molecule has 1 fully saturated rings. The summed E-state index contributed by atoms with van der Waals surface area (Å²) < 4.78 is 1.67. The molecular weight excluding hydrogens is 278 g/mol. The van der Waals surface area contributed by atoms with Crippen LogP contribution < -0.4 is 5.32 Å². The summed E-state index contributed by atoms with van der Waals surface area (Å²) >= 11 is 1.98. The molecule has 0 spiro atoms. The molecule has 0 unspecified atom stereocenters. The third-order valence-corrected chi connectivity index (χ3v) is 4.34. The quantitative estimate of drug-likeness (QED) is 0.635. The SMILES string of the molecule is CCn1nc(C)c([N+](=O)[O-])c1NCCN1CCSCC1. The van der Waals surface area contributed by atoms with Gasteiger partial charge in [0.1, 0.15) is 5.69 Å². The van der Waals surface area contributed by atoms with Crippen molar-refractivity contribution in [3.8, 4) is 0 Å². The fourth-order valence-corrected chi connectivity index (χ4v) is 3.33. The van der Waals surface area contributed by atoms with Crippen molar-refractivity contribution >= 4 is 23.3 Å². The van der Waals surface area contributed by atoms with E-state index >= 15 is 0 Å². The van der Waals surface area contributed by atoms with E-state index in [9.17, 15) is 10.1 Å². The Balaban J connectivity index is 1.98. The van der Waals surface area contributed by atoms with E-state index in [2.05, 4.69) is 15.3 Å². The molecule has 2 heterocycles. The molecule has 0 atom stereocenters. The van der Waals surface area contributed by atoms with Gasteiger partial charge in [-0.05, 0) is 13.8 Å². The first kappa shape index (κ1) is 15.1. The molecule has 1 saturated heterocycles. The average molecular weight is 299 g/mol. The van der Waals surface area contributed by atoms with E-state index in [0.29, 0.717) is 24.6 Å². The molecule has 0 radical (unpaired) electrons. The van der Waals surface area contributed by atoms with E-state index in [1.807, 2.05) is 18.7 Å². The number of hydrogen-bond acceptors (Lipinski definition) is 6. The number of nitro groups is 1. The monoisotopic (exact) mass is 299 g/mol. The van der Waals surface area contributed by atoms with Gasteiger partial charge in [-0.15, -0.1) is 0 Å². The number of nitrogens with zero attached hydrogens (tertiary/aromatic N) is 4. The first-order chi connectivity index (χ1) is 9.63. The van der Waals surface area contributed by atoms with Crippen molar-refractivity contribution in [1.82, 2.24) is 14.7 Å². The first-order valence-electron chi connectivity index (χ1n) is 6.89. The normalized spacial score (nSPS) is 16.3. The molecular formula is C12H21N5O2S. The summed E-state index contributed by atoms with van der Waals surface area (Å²) in [5, 5.41) is 18.5. The molecule has 1 aromatic heterocycles. The Labute approximate surface area is 122 Å². The second-order valence-electron chi connectivity index (χ2n) is 4.74. The van der Waals surface area contributed by atoms with Gasteiger partial charge in [0, 0.05) is 44.2 Å². The summed E-state index contributed by atoms with van der Waals surface area (Å²) in [6, 6.07) is 0. The van der Waals surface area contributed by atoms with Crippen LogP contribution >= 0.6 is 11.8 Å². The number of aromatic nitrogens is 2. The van der Waals surface area contributed by atoms with Crippen LogP contribution in [0, 0.1) is 17.0 Å². The van der Waals surface area contributed by atoms with E-state index in [1.165, 1.54) is 11.5 Å². The van der Waals surface area contributed by atoms with Crippen LogP contribution in [0.4, 0.5) is 11.5 Å². The third-order valence-electron chi connectivity index (χ3n) is 3.40. The topological polar surface area (TPSA) is 76.2 Å². The summed E-state index contributed by atoms with van der Waals surface area (Å²) in [6.45, 7) is 8.04. The molecule has 2 rings (SSSR count). The zero-order valence-corrected chi connectivity index (χ0v) is 12.8. The van der Waals surface area contributed by atoms with Crippen LogP contribution in [0.15, 0.2) is 0 Å². The van der Waals surface area contributed by atoms with Crippen molar-refractivity contribution in [2.24, 2.45) is 0 Å². The Bertz CT molecular complexity index is 471. The Morgan fingerprint density at radius 1 is 1.45 bits per heavy atom. The molecule has 0 saturated carbocycles. The van der Waals surface area contributed by atoms with Gasteiger partial charge in [-0.1, -0.05) is 0 Å². The van der Waals surface area contributed by atoms with Crippen LogP contribution in [-0.4, -0.2) is 57.3 Å². The van der Waals surface area contributed by atoms with Gasteiger partial charge in [-0.25, -0.2) is 4.68 Å². The van der Waals surface area contributed by atoms with Crippen molar-refractivity contribution in [2.75, 3.05) is 43.0 Å². The highest BCUT2D eigenvalue weighted by molar-refractivity contribution is 7.99. The van der Waals surface area contributed by atoms with Gasteiger partial charge in [0.2, 0.25) is 5.82 Å². The minimum absolute atomic E-state index is 0.0982. The first-order valence-corrected chi connectivity index (χ1v) is 8.04. The fourth-order valence-electron chi connectivity index (χ4n) is 2.35. The maximum Gasteiger partial charge on any atom is 0.333 e. The average Bonchev–Trinajstić information content (AvgIpc) is 2.76. The highest BCUT2D eigenvalue weighted by Gasteiger charge is 2.24. The largest absolute Gasteiger partial charge is 0.363 e. The van der Waals surface area contributed by atoms with Gasteiger partial charge in [0.15, 0.2) is 0 Å². The predicted octanol–water partition coefficient (Wildman–Crippen LogP) is 1.58. The standard InChI is InChI=1S/C12H21N5O2S/c1-3-16-12(11(17(18)19)10(2)14-16)13-4-5-15-6-8-20-9-7-15/h13H,3-9H2,1-2H3. The summed E-state index contributed by atoms with van der Waals surface area (Å²) in [5.74, 6) is 2.87. The minimum Gasteiger partial charge on any atom is -0.363 e. The lowest BCUT2D eigenvalue weighted by atomic mass is 10.3. The fraction of sp³-hybridized carbons (Fsp3) is 0.750. The van der Waals surface area contributed by atoms with E-state index in [4.69, 9.17) is 0 Å². The van der Waals surface area contributed by atoms with Gasteiger partial charge in [-0.2, -0.15) is 16.9 Å². The molecule has 112 valence electrons. The number of hydrogen-bond donors (Lipinski definition) is 1. The lowest BCUT2D eigenvalue weighted by Crippen LogP contribution is -2.36. The third kappa shape index (κ3) is 3.43. The van der Waals surface area contributed by atoms with E-state index in [-0.39, 0.29) is 10.6 Å². The predicted molar refractivity (Wildman–Crippen MR) is 81.5 cm³/mol. The number of anilines is 1. The smallest absolute Gasteiger partial charge is 0.333 e. The molecule has 20 heavy (non-hydrogen) atoms. The van der Waals surface area contributed by atoms with Crippen molar-refractivity contribution in [3.63, 3.8) is 0 Å². The molecule has 1 N–H and O–H groups in total. The minimum atomic E-state index is -0.353. The zero-order chi connectivity index (χ0) is 14.5. The molecule has 8 heteroatoms. The maximum absolute atomic E-state index is 11.1.